The van der Waals surface area contributed by atoms with Crippen LogP contribution in [-0.4, -0.2) is 40.0 Å². The summed E-state index contributed by atoms with van der Waals surface area (Å²) >= 11 is 7.41. The van der Waals surface area contributed by atoms with Gasteiger partial charge in [0.1, 0.15) is 0 Å². The minimum absolute atomic E-state index is 0.00616. The summed E-state index contributed by atoms with van der Waals surface area (Å²) < 4.78 is 7.39. The summed E-state index contributed by atoms with van der Waals surface area (Å²) in [5.41, 5.74) is 0.441. The first-order valence-electron chi connectivity index (χ1n) is 10.7. The summed E-state index contributed by atoms with van der Waals surface area (Å²) in [5, 5.41) is 4.75. The fraction of sp³-hybridized carbons (Fsp3) is 0.591. The number of nitrogens with zero attached hydrogens (tertiary/aromatic N) is 2. The zero-order chi connectivity index (χ0) is 21.1. The lowest BCUT2D eigenvalue weighted by Crippen LogP contribution is -2.38. The van der Waals surface area contributed by atoms with Gasteiger partial charge >= 0.3 is 0 Å². The summed E-state index contributed by atoms with van der Waals surface area (Å²) in [5.74, 6) is 0.966. The molecule has 2 fully saturated rings. The molecule has 1 aliphatic heterocycles. The predicted octanol–water partition coefficient (Wildman–Crippen LogP) is 4.02. The molecule has 2 aromatic rings. The number of hydrogen-bond acceptors (Lipinski definition) is 5. The molecular weight excluding hydrogens is 422 g/mol. The highest BCUT2D eigenvalue weighted by atomic mass is 35.5. The van der Waals surface area contributed by atoms with E-state index in [1.165, 1.54) is 11.8 Å². The van der Waals surface area contributed by atoms with E-state index in [0.717, 1.165) is 51.0 Å². The lowest BCUT2D eigenvalue weighted by atomic mass is 9.87. The average Bonchev–Trinajstić information content (AvgIpc) is 3.23. The number of nitrogens with one attached hydrogen (secondary N) is 1. The Morgan fingerprint density at radius 3 is 2.83 bits per heavy atom. The molecule has 2 aliphatic rings. The highest BCUT2D eigenvalue weighted by Gasteiger charge is 2.22. The van der Waals surface area contributed by atoms with Crippen LogP contribution in [0.3, 0.4) is 0 Å². The molecule has 2 heterocycles. The third-order valence-corrected chi connectivity index (χ3v) is 7.22. The molecule has 1 amide bonds. The highest BCUT2D eigenvalue weighted by molar-refractivity contribution is 7.99. The van der Waals surface area contributed by atoms with Crippen LogP contribution in [0.2, 0.25) is 5.02 Å². The van der Waals surface area contributed by atoms with Crippen LogP contribution in [-0.2, 0) is 16.1 Å². The SMILES string of the molecule is CC1CCC(NC(=O)CSc2nc3cc(Cl)ccc3c(=O)n2CC2CCCO2)CC1. The van der Waals surface area contributed by atoms with Crippen molar-refractivity contribution in [3.63, 3.8) is 0 Å². The van der Waals surface area contributed by atoms with Crippen LogP contribution >= 0.6 is 23.4 Å². The van der Waals surface area contributed by atoms with Crippen LogP contribution in [0.5, 0.6) is 0 Å². The zero-order valence-corrected chi connectivity index (χ0v) is 18.8. The van der Waals surface area contributed by atoms with E-state index < -0.39 is 0 Å². The second kappa shape index (κ2) is 9.71. The molecule has 1 saturated heterocycles. The molecule has 1 aromatic carbocycles. The smallest absolute Gasteiger partial charge is 0.262 e. The van der Waals surface area contributed by atoms with Crippen molar-refractivity contribution in [1.82, 2.24) is 14.9 Å². The van der Waals surface area contributed by atoms with E-state index in [2.05, 4.69) is 17.2 Å². The number of hydrogen-bond donors (Lipinski definition) is 1. The number of thioether (sulfide) groups is 1. The number of amides is 1. The van der Waals surface area contributed by atoms with Gasteiger partial charge in [0.05, 0.1) is 29.3 Å². The molecule has 0 spiro atoms. The molecule has 4 rings (SSSR count). The number of ether oxygens (including phenoxy) is 1. The average molecular weight is 450 g/mol. The fourth-order valence-electron chi connectivity index (χ4n) is 4.24. The van der Waals surface area contributed by atoms with Crippen molar-refractivity contribution in [2.24, 2.45) is 5.92 Å². The molecular formula is C22H28ClN3O3S. The Morgan fingerprint density at radius 2 is 2.10 bits per heavy atom. The maximum absolute atomic E-state index is 13.2. The fourth-order valence-corrected chi connectivity index (χ4v) is 5.23. The number of carbonyl (C=O) groups is 1. The summed E-state index contributed by atoms with van der Waals surface area (Å²) in [6, 6.07) is 5.37. The van der Waals surface area contributed by atoms with Crippen LogP contribution in [0, 0.1) is 5.92 Å². The van der Waals surface area contributed by atoms with Gasteiger partial charge in [0.15, 0.2) is 5.16 Å². The molecule has 1 aliphatic carbocycles. The Morgan fingerprint density at radius 1 is 1.30 bits per heavy atom. The van der Waals surface area contributed by atoms with Crippen molar-refractivity contribution >= 4 is 40.2 Å². The van der Waals surface area contributed by atoms with Crippen LogP contribution in [0.4, 0.5) is 0 Å². The molecule has 1 unspecified atom stereocenters. The summed E-state index contributed by atoms with van der Waals surface area (Å²) in [6.45, 7) is 3.44. The Bertz CT molecular complexity index is 966. The van der Waals surface area contributed by atoms with E-state index in [0.29, 0.717) is 27.6 Å². The second-order valence-corrected chi connectivity index (χ2v) is 9.80. The van der Waals surface area contributed by atoms with E-state index in [9.17, 15) is 9.59 Å². The third-order valence-electron chi connectivity index (χ3n) is 6.01. The topological polar surface area (TPSA) is 73.2 Å². The van der Waals surface area contributed by atoms with Gasteiger partial charge in [0.25, 0.3) is 5.56 Å². The number of aromatic nitrogens is 2. The quantitative estimate of drug-likeness (QED) is 0.532. The summed E-state index contributed by atoms with van der Waals surface area (Å²) in [6.07, 6.45) is 6.32. The van der Waals surface area contributed by atoms with E-state index in [1.807, 2.05) is 0 Å². The van der Waals surface area contributed by atoms with Gasteiger partial charge in [-0.2, -0.15) is 0 Å². The molecule has 30 heavy (non-hydrogen) atoms. The monoisotopic (exact) mass is 449 g/mol. The maximum Gasteiger partial charge on any atom is 0.262 e. The predicted molar refractivity (Wildman–Crippen MR) is 120 cm³/mol. The zero-order valence-electron chi connectivity index (χ0n) is 17.2. The van der Waals surface area contributed by atoms with E-state index >= 15 is 0 Å². The van der Waals surface area contributed by atoms with Crippen LogP contribution in [0.15, 0.2) is 28.2 Å². The lowest BCUT2D eigenvalue weighted by Gasteiger charge is -2.26. The van der Waals surface area contributed by atoms with E-state index in [1.54, 1.807) is 22.8 Å². The molecule has 6 nitrogen and oxygen atoms in total. The first kappa shape index (κ1) is 21.7. The van der Waals surface area contributed by atoms with Crippen LogP contribution in [0.1, 0.15) is 45.4 Å². The van der Waals surface area contributed by atoms with Crippen molar-refractivity contribution in [2.75, 3.05) is 12.4 Å². The number of benzene rings is 1. The van der Waals surface area contributed by atoms with Crippen molar-refractivity contribution in [3.05, 3.63) is 33.6 Å². The summed E-state index contributed by atoms with van der Waals surface area (Å²) in [7, 11) is 0. The van der Waals surface area contributed by atoms with E-state index in [4.69, 9.17) is 16.3 Å². The molecule has 1 atom stereocenters. The van der Waals surface area contributed by atoms with Crippen molar-refractivity contribution in [3.8, 4) is 0 Å². The van der Waals surface area contributed by atoms with Crippen molar-refractivity contribution < 1.29 is 9.53 Å². The van der Waals surface area contributed by atoms with Gasteiger partial charge in [-0.05, 0) is 62.6 Å². The first-order chi connectivity index (χ1) is 14.5. The van der Waals surface area contributed by atoms with Gasteiger partial charge in [-0.1, -0.05) is 30.3 Å². The molecule has 1 aromatic heterocycles. The van der Waals surface area contributed by atoms with Crippen LogP contribution in [0.25, 0.3) is 10.9 Å². The van der Waals surface area contributed by atoms with Crippen molar-refractivity contribution in [1.29, 1.82) is 0 Å². The Balaban J connectivity index is 1.52. The largest absolute Gasteiger partial charge is 0.376 e. The third kappa shape index (κ3) is 5.18. The number of carbonyl (C=O) groups excluding carboxylic acids is 1. The Kier molecular flexibility index (Phi) is 7.01. The van der Waals surface area contributed by atoms with E-state index in [-0.39, 0.29) is 29.4 Å². The van der Waals surface area contributed by atoms with Gasteiger partial charge in [0.2, 0.25) is 5.91 Å². The normalized spacial score (nSPS) is 24.3. The van der Waals surface area contributed by atoms with Gasteiger partial charge < -0.3 is 10.1 Å². The van der Waals surface area contributed by atoms with Gasteiger partial charge in [-0.15, -0.1) is 0 Å². The standard InChI is InChI=1S/C22H28ClN3O3S/c1-14-4-7-16(8-5-14)24-20(27)13-30-22-25-19-11-15(23)6-9-18(19)21(28)26(22)12-17-3-2-10-29-17/h6,9,11,14,16-17H,2-5,7-8,10,12-13H2,1H3,(H,24,27). The second-order valence-electron chi connectivity index (χ2n) is 8.42. The first-order valence-corrected chi connectivity index (χ1v) is 12.1. The van der Waals surface area contributed by atoms with Gasteiger partial charge in [-0.25, -0.2) is 4.98 Å². The lowest BCUT2D eigenvalue weighted by molar-refractivity contribution is -0.119. The Labute approximate surface area is 185 Å². The molecule has 1 saturated carbocycles. The van der Waals surface area contributed by atoms with Gasteiger partial charge in [0, 0.05) is 17.7 Å². The summed E-state index contributed by atoms with van der Waals surface area (Å²) in [4.78, 5) is 30.4. The minimum atomic E-state index is -0.114. The maximum atomic E-state index is 13.2. The number of rotatable bonds is 6. The molecule has 8 heteroatoms. The van der Waals surface area contributed by atoms with Crippen LogP contribution < -0.4 is 10.9 Å². The van der Waals surface area contributed by atoms with Crippen molar-refractivity contribution in [2.45, 2.75) is 69.3 Å². The number of fused-ring (bicyclic) bond motifs is 1. The molecule has 0 bridgehead atoms. The Hall–Kier alpha value is -1.57. The molecule has 1 N–H and O–H groups in total. The number of halogens is 1. The molecule has 162 valence electrons. The molecule has 0 radical (unpaired) electrons. The minimum Gasteiger partial charge on any atom is -0.376 e. The van der Waals surface area contributed by atoms with Gasteiger partial charge in [-0.3, -0.25) is 14.2 Å². The highest BCUT2D eigenvalue weighted by Crippen LogP contribution is 2.25.